The number of nitriles is 1. The Hall–Kier alpha value is -3.35. The van der Waals surface area contributed by atoms with Crippen molar-refractivity contribution >= 4 is 24.0 Å². The minimum atomic E-state index is -3.14. The number of carbonyl (C=O) groups is 4. The molecule has 2 fully saturated rings. The molecule has 0 saturated carbocycles. The lowest BCUT2D eigenvalue weighted by molar-refractivity contribution is -0.135. The molecular weight excluding hydrogens is 470 g/mol. The zero-order valence-electron chi connectivity index (χ0n) is 20.4. The average Bonchev–Trinajstić information content (AvgIpc) is 3.52. The normalized spacial score (nSPS) is 24.9. The first-order valence-electron chi connectivity index (χ1n) is 12.1. The van der Waals surface area contributed by atoms with Gasteiger partial charge in [0, 0.05) is 37.3 Å². The summed E-state index contributed by atoms with van der Waals surface area (Å²) in [6, 6.07) is 5.38. The van der Waals surface area contributed by atoms with E-state index < -0.39 is 54.1 Å². The summed E-state index contributed by atoms with van der Waals surface area (Å²) in [5.74, 6) is -5.28. The SMILES string of the molecule is CC(C)(C=O)CCc1cccc2c1CN(C(=O)C[C@@H]1C[C@@H](C(=O)N3CC(F)(F)C[C@H]3C#N)NC1=O)C2. The van der Waals surface area contributed by atoms with Crippen LogP contribution in [0.25, 0.3) is 0 Å². The number of fused-ring (bicyclic) bond motifs is 1. The second kappa shape index (κ2) is 9.60. The largest absolute Gasteiger partial charge is 0.344 e. The number of benzene rings is 1. The van der Waals surface area contributed by atoms with Crippen LogP contribution >= 0.6 is 0 Å². The summed E-state index contributed by atoms with van der Waals surface area (Å²) in [5.41, 5.74) is 2.76. The molecule has 10 heteroatoms. The second-order valence-corrected chi connectivity index (χ2v) is 10.8. The molecular formula is C26H30F2N4O4. The number of hydrogen-bond donors (Lipinski definition) is 1. The summed E-state index contributed by atoms with van der Waals surface area (Å²) < 4.78 is 27.5. The topological polar surface area (TPSA) is 111 Å². The molecule has 36 heavy (non-hydrogen) atoms. The Bertz CT molecular complexity index is 1130. The van der Waals surface area contributed by atoms with Crippen molar-refractivity contribution in [3.8, 4) is 6.07 Å². The average molecular weight is 501 g/mol. The highest BCUT2D eigenvalue weighted by Gasteiger charge is 2.50. The number of likely N-dealkylation sites (tertiary alicyclic amines) is 1. The fourth-order valence-electron chi connectivity index (χ4n) is 5.20. The van der Waals surface area contributed by atoms with Gasteiger partial charge in [0.2, 0.25) is 17.7 Å². The lowest BCUT2D eigenvalue weighted by Crippen LogP contribution is -2.46. The maximum Gasteiger partial charge on any atom is 0.268 e. The van der Waals surface area contributed by atoms with Crippen molar-refractivity contribution in [3.05, 3.63) is 34.9 Å². The second-order valence-electron chi connectivity index (χ2n) is 10.8. The molecule has 0 unspecified atom stereocenters. The van der Waals surface area contributed by atoms with Crippen molar-refractivity contribution in [1.82, 2.24) is 15.1 Å². The molecule has 3 amide bonds. The number of aryl methyl sites for hydroxylation is 1. The number of rotatable bonds is 7. The maximum atomic E-state index is 13.7. The molecule has 0 aromatic heterocycles. The number of halogens is 2. The molecule has 3 aliphatic rings. The van der Waals surface area contributed by atoms with E-state index in [-0.39, 0.29) is 18.7 Å². The third-order valence-corrected chi connectivity index (χ3v) is 7.42. The Balaban J connectivity index is 1.36. The molecule has 3 aliphatic heterocycles. The first kappa shape index (κ1) is 25.7. The van der Waals surface area contributed by atoms with Gasteiger partial charge in [-0.1, -0.05) is 32.0 Å². The van der Waals surface area contributed by atoms with Gasteiger partial charge in [-0.25, -0.2) is 8.78 Å². The van der Waals surface area contributed by atoms with Crippen LogP contribution in [0.4, 0.5) is 8.78 Å². The summed E-state index contributed by atoms with van der Waals surface area (Å²) in [6.07, 6.45) is 1.57. The number of carbonyl (C=O) groups excluding carboxylic acids is 4. The zero-order chi connectivity index (χ0) is 26.3. The van der Waals surface area contributed by atoms with Gasteiger partial charge < -0.3 is 19.9 Å². The van der Waals surface area contributed by atoms with Crippen LogP contribution in [0.1, 0.15) is 56.2 Å². The van der Waals surface area contributed by atoms with Crippen molar-refractivity contribution in [3.63, 3.8) is 0 Å². The molecule has 3 atom stereocenters. The monoisotopic (exact) mass is 500 g/mol. The zero-order valence-corrected chi connectivity index (χ0v) is 20.4. The minimum absolute atomic E-state index is 0.0242. The Morgan fingerprint density at radius 3 is 2.75 bits per heavy atom. The van der Waals surface area contributed by atoms with Crippen LogP contribution in [0, 0.1) is 22.7 Å². The molecule has 3 heterocycles. The Morgan fingerprint density at radius 1 is 1.31 bits per heavy atom. The fourth-order valence-corrected chi connectivity index (χ4v) is 5.20. The van der Waals surface area contributed by atoms with Gasteiger partial charge in [0.1, 0.15) is 18.4 Å². The lowest BCUT2D eigenvalue weighted by Gasteiger charge is -2.22. The van der Waals surface area contributed by atoms with E-state index in [0.29, 0.717) is 25.9 Å². The summed E-state index contributed by atoms with van der Waals surface area (Å²) in [7, 11) is 0. The van der Waals surface area contributed by atoms with Crippen LogP contribution in [-0.4, -0.2) is 58.4 Å². The fraction of sp³-hybridized carbons (Fsp3) is 0.577. The first-order chi connectivity index (χ1) is 16.9. The van der Waals surface area contributed by atoms with Crippen LogP contribution in [0.15, 0.2) is 18.2 Å². The van der Waals surface area contributed by atoms with E-state index in [9.17, 15) is 28.0 Å². The van der Waals surface area contributed by atoms with Gasteiger partial charge in [0.05, 0.1) is 12.6 Å². The third-order valence-electron chi connectivity index (χ3n) is 7.42. The number of nitrogens with one attached hydrogen (secondary N) is 1. The van der Waals surface area contributed by atoms with E-state index in [1.54, 1.807) is 11.0 Å². The number of hydrogen-bond acceptors (Lipinski definition) is 5. The molecule has 2 saturated heterocycles. The van der Waals surface area contributed by atoms with Gasteiger partial charge in [-0.2, -0.15) is 5.26 Å². The van der Waals surface area contributed by atoms with Gasteiger partial charge >= 0.3 is 0 Å². The van der Waals surface area contributed by atoms with E-state index >= 15 is 0 Å². The molecule has 0 aliphatic carbocycles. The predicted molar refractivity (Wildman–Crippen MR) is 124 cm³/mol. The molecule has 1 aromatic carbocycles. The van der Waals surface area contributed by atoms with Crippen LogP contribution < -0.4 is 5.32 Å². The van der Waals surface area contributed by atoms with Crippen LogP contribution in [0.2, 0.25) is 0 Å². The number of nitrogens with zero attached hydrogens (tertiary/aromatic N) is 3. The molecule has 192 valence electrons. The van der Waals surface area contributed by atoms with E-state index in [4.69, 9.17) is 5.26 Å². The van der Waals surface area contributed by atoms with E-state index in [1.807, 2.05) is 32.0 Å². The van der Waals surface area contributed by atoms with Gasteiger partial charge in [-0.05, 0) is 36.0 Å². The van der Waals surface area contributed by atoms with Crippen molar-refractivity contribution < 1.29 is 28.0 Å². The highest BCUT2D eigenvalue weighted by atomic mass is 19.3. The van der Waals surface area contributed by atoms with Gasteiger partial charge in [0.25, 0.3) is 5.92 Å². The Labute approximate surface area is 208 Å². The minimum Gasteiger partial charge on any atom is -0.344 e. The van der Waals surface area contributed by atoms with Crippen molar-refractivity contribution in [2.75, 3.05) is 6.54 Å². The van der Waals surface area contributed by atoms with Gasteiger partial charge in [-0.15, -0.1) is 0 Å². The number of alkyl halides is 2. The summed E-state index contributed by atoms with van der Waals surface area (Å²) >= 11 is 0. The van der Waals surface area contributed by atoms with Crippen molar-refractivity contribution in [1.29, 1.82) is 5.26 Å². The van der Waals surface area contributed by atoms with E-state index in [1.165, 1.54) is 0 Å². The Kier molecular flexibility index (Phi) is 6.86. The van der Waals surface area contributed by atoms with Crippen molar-refractivity contribution in [2.24, 2.45) is 11.3 Å². The molecule has 0 radical (unpaired) electrons. The molecule has 0 spiro atoms. The van der Waals surface area contributed by atoms with Gasteiger partial charge in [-0.3, -0.25) is 14.4 Å². The van der Waals surface area contributed by atoms with Crippen LogP contribution in [0.3, 0.4) is 0 Å². The van der Waals surface area contributed by atoms with Crippen LogP contribution in [-0.2, 0) is 38.7 Å². The highest BCUT2D eigenvalue weighted by molar-refractivity contribution is 5.94. The molecule has 1 aromatic rings. The van der Waals surface area contributed by atoms with E-state index in [2.05, 4.69) is 5.32 Å². The van der Waals surface area contributed by atoms with E-state index in [0.717, 1.165) is 27.9 Å². The molecule has 4 rings (SSSR count). The lowest BCUT2D eigenvalue weighted by atomic mass is 9.86. The Morgan fingerprint density at radius 2 is 2.06 bits per heavy atom. The first-order valence-corrected chi connectivity index (χ1v) is 12.1. The van der Waals surface area contributed by atoms with Crippen LogP contribution in [0.5, 0.6) is 0 Å². The van der Waals surface area contributed by atoms with Crippen molar-refractivity contribution in [2.45, 2.75) is 77.0 Å². The predicted octanol–water partition coefficient (Wildman–Crippen LogP) is 2.34. The molecule has 1 N–H and O–H groups in total. The quantitative estimate of drug-likeness (QED) is 0.578. The standard InChI is InChI=1S/C26H30F2N4O4/c1-25(2,15-33)7-6-16-4-3-5-17-12-31(13-20(16)17)22(34)9-18-8-21(30-23(18)35)24(36)32-14-26(27,28)10-19(32)11-29/h3-5,15,18-19,21H,6-10,12-14H2,1-2H3,(H,30,35)/t18-,19-,21-/m0/s1. The summed E-state index contributed by atoms with van der Waals surface area (Å²) in [5, 5.41) is 11.7. The third kappa shape index (κ3) is 5.25. The molecule has 8 nitrogen and oxygen atoms in total. The number of amides is 3. The number of aldehydes is 1. The molecule has 0 bridgehead atoms. The highest BCUT2D eigenvalue weighted by Crippen LogP contribution is 2.34. The maximum absolute atomic E-state index is 13.7. The van der Waals surface area contributed by atoms with Gasteiger partial charge in [0.15, 0.2) is 0 Å². The summed E-state index contributed by atoms with van der Waals surface area (Å²) in [4.78, 5) is 52.1. The smallest absolute Gasteiger partial charge is 0.268 e. The summed E-state index contributed by atoms with van der Waals surface area (Å²) in [6.45, 7) is 3.76.